The lowest BCUT2D eigenvalue weighted by Gasteiger charge is -2.30. The van der Waals surface area contributed by atoms with Gasteiger partial charge in [0.25, 0.3) is 5.91 Å². The van der Waals surface area contributed by atoms with Gasteiger partial charge in [-0.2, -0.15) is 0 Å². The van der Waals surface area contributed by atoms with Gasteiger partial charge in [0, 0.05) is 32.9 Å². The number of methoxy groups -OCH3 is 1. The molecule has 1 fully saturated rings. The number of anilines is 1. The Balaban J connectivity index is 1.97. The highest BCUT2D eigenvalue weighted by atomic mass is 16.5. The number of likely N-dealkylation sites (tertiary alicyclic amines) is 1. The van der Waals surface area contributed by atoms with Crippen molar-refractivity contribution in [2.45, 2.75) is 19.8 Å². The summed E-state index contributed by atoms with van der Waals surface area (Å²) in [5, 5.41) is 3.03. The van der Waals surface area contributed by atoms with Gasteiger partial charge in [0.15, 0.2) is 0 Å². The van der Waals surface area contributed by atoms with Crippen LogP contribution >= 0.6 is 0 Å². The molecule has 1 aromatic heterocycles. The predicted molar refractivity (Wildman–Crippen MR) is 76.7 cm³/mol. The Labute approximate surface area is 119 Å². The topological polar surface area (TPSA) is 67.3 Å². The van der Waals surface area contributed by atoms with E-state index in [0.29, 0.717) is 30.7 Å². The molecule has 0 unspecified atom stereocenters. The van der Waals surface area contributed by atoms with E-state index in [-0.39, 0.29) is 5.91 Å². The minimum absolute atomic E-state index is 0.00547. The Morgan fingerprint density at radius 3 is 2.95 bits per heavy atom. The second-order valence-electron chi connectivity index (χ2n) is 5.16. The zero-order chi connectivity index (χ0) is 14.4. The maximum atomic E-state index is 12.4. The monoisotopic (exact) mass is 278 g/mol. The molecule has 1 aromatic rings. The Morgan fingerprint density at radius 1 is 1.50 bits per heavy atom. The molecule has 2 rings (SSSR count). The van der Waals surface area contributed by atoms with Crippen LogP contribution in [-0.2, 0) is 4.74 Å². The van der Waals surface area contributed by atoms with E-state index in [1.165, 1.54) is 0 Å². The van der Waals surface area contributed by atoms with Crippen LogP contribution in [0, 0.1) is 5.92 Å². The van der Waals surface area contributed by atoms with E-state index >= 15 is 0 Å². The quantitative estimate of drug-likeness (QED) is 0.825. The zero-order valence-corrected chi connectivity index (χ0v) is 12.1. The molecule has 1 aliphatic heterocycles. The molecule has 20 heavy (non-hydrogen) atoms. The van der Waals surface area contributed by atoms with E-state index < -0.39 is 0 Å². The van der Waals surface area contributed by atoms with Crippen LogP contribution in [0.3, 0.4) is 0 Å². The van der Waals surface area contributed by atoms with E-state index in [2.05, 4.69) is 22.2 Å². The fraction of sp³-hybridized carbons (Fsp3) is 0.643. The van der Waals surface area contributed by atoms with Crippen LogP contribution in [0.25, 0.3) is 0 Å². The van der Waals surface area contributed by atoms with E-state index in [1.807, 2.05) is 4.90 Å². The number of hydrogen-bond donors (Lipinski definition) is 1. The highest BCUT2D eigenvalue weighted by molar-refractivity contribution is 5.92. The molecular formula is C14H22N4O2. The number of rotatable bonds is 5. The number of nitrogens with zero attached hydrogens (tertiary/aromatic N) is 3. The Kier molecular flexibility index (Phi) is 5.29. The summed E-state index contributed by atoms with van der Waals surface area (Å²) in [6, 6.07) is 1.67. The van der Waals surface area contributed by atoms with Crippen LogP contribution in [0.1, 0.15) is 30.3 Å². The van der Waals surface area contributed by atoms with Crippen molar-refractivity contribution in [2.24, 2.45) is 5.92 Å². The van der Waals surface area contributed by atoms with Crippen LogP contribution < -0.4 is 5.32 Å². The SMILES string of the molecule is COCCNc1nccc(C(=O)N2CCC(C)CC2)n1. The third-order valence-corrected chi connectivity index (χ3v) is 3.53. The molecule has 0 aliphatic carbocycles. The van der Waals surface area contributed by atoms with Crippen molar-refractivity contribution in [1.29, 1.82) is 0 Å². The summed E-state index contributed by atoms with van der Waals surface area (Å²) in [4.78, 5) is 22.6. The van der Waals surface area contributed by atoms with Gasteiger partial charge in [0.05, 0.1) is 6.61 Å². The van der Waals surface area contributed by atoms with Gasteiger partial charge in [0.2, 0.25) is 5.95 Å². The number of aromatic nitrogens is 2. The highest BCUT2D eigenvalue weighted by Crippen LogP contribution is 2.17. The molecule has 6 nitrogen and oxygen atoms in total. The summed E-state index contributed by atoms with van der Waals surface area (Å²) < 4.78 is 4.95. The van der Waals surface area contributed by atoms with Crippen molar-refractivity contribution in [3.05, 3.63) is 18.0 Å². The second kappa shape index (κ2) is 7.19. The molecule has 1 amide bonds. The van der Waals surface area contributed by atoms with Crippen LogP contribution in [0.5, 0.6) is 0 Å². The van der Waals surface area contributed by atoms with Crippen molar-refractivity contribution in [3.8, 4) is 0 Å². The number of carbonyl (C=O) groups is 1. The summed E-state index contributed by atoms with van der Waals surface area (Å²) in [6.45, 7) is 5.05. The van der Waals surface area contributed by atoms with E-state index in [9.17, 15) is 4.79 Å². The van der Waals surface area contributed by atoms with Gasteiger partial charge in [-0.15, -0.1) is 0 Å². The third-order valence-electron chi connectivity index (χ3n) is 3.53. The molecule has 0 saturated carbocycles. The van der Waals surface area contributed by atoms with Gasteiger partial charge < -0.3 is 15.0 Å². The minimum Gasteiger partial charge on any atom is -0.383 e. The number of piperidine rings is 1. The summed E-state index contributed by atoms with van der Waals surface area (Å²) in [7, 11) is 1.64. The molecule has 0 aromatic carbocycles. The first-order valence-electron chi connectivity index (χ1n) is 7.06. The maximum absolute atomic E-state index is 12.4. The first-order chi connectivity index (χ1) is 9.70. The maximum Gasteiger partial charge on any atom is 0.272 e. The number of ether oxygens (including phenoxy) is 1. The molecule has 6 heteroatoms. The highest BCUT2D eigenvalue weighted by Gasteiger charge is 2.22. The van der Waals surface area contributed by atoms with Gasteiger partial charge in [-0.3, -0.25) is 4.79 Å². The zero-order valence-electron chi connectivity index (χ0n) is 12.1. The van der Waals surface area contributed by atoms with E-state index in [0.717, 1.165) is 25.9 Å². The lowest BCUT2D eigenvalue weighted by molar-refractivity contribution is 0.0691. The molecule has 110 valence electrons. The Hall–Kier alpha value is -1.69. The largest absolute Gasteiger partial charge is 0.383 e. The summed E-state index contributed by atoms with van der Waals surface area (Å²) in [5.41, 5.74) is 0.453. The fourth-order valence-electron chi connectivity index (χ4n) is 2.20. The number of hydrogen-bond acceptors (Lipinski definition) is 5. The van der Waals surface area contributed by atoms with E-state index in [4.69, 9.17) is 4.74 Å². The molecule has 0 spiro atoms. The molecule has 0 radical (unpaired) electrons. The van der Waals surface area contributed by atoms with Crippen molar-refractivity contribution in [1.82, 2.24) is 14.9 Å². The van der Waals surface area contributed by atoms with Crippen LogP contribution in [0.4, 0.5) is 5.95 Å². The smallest absolute Gasteiger partial charge is 0.272 e. The first kappa shape index (κ1) is 14.7. The lowest BCUT2D eigenvalue weighted by Crippen LogP contribution is -2.38. The minimum atomic E-state index is -0.00547. The first-order valence-corrected chi connectivity index (χ1v) is 7.06. The predicted octanol–water partition coefficient (Wildman–Crippen LogP) is 1.41. The second-order valence-corrected chi connectivity index (χ2v) is 5.16. The third kappa shape index (κ3) is 3.90. The molecule has 1 aliphatic rings. The van der Waals surface area contributed by atoms with Crippen LogP contribution in [0.2, 0.25) is 0 Å². The molecular weight excluding hydrogens is 256 g/mol. The Bertz CT molecular complexity index is 445. The number of carbonyl (C=O) groups excluding carboxylic acids is 1. The van der Waals surface area contributed by atoms with Crippen LogP contribution in [0.15, 0.2) is 12.3 Å². The van der Waals surface area contributed by atoms with Gasteiger partial charge in [-0.1, -0.05) is 6.92 Å². The fourth-order valence-corrected chi connectivity index (χ4v) is 2.20. The van der Waals surface area contributed by atoms with Gasteiger partial charge >= 0.3 is 0 Å². The molecule has 0 atom stereocenters. The average Bonchev–Trinajstić information content (AvgIpc) is 2.48. The van der Waals surface area contributed by atoms with Gasteiger partial charge in [-0.05, 0) is 24.8 Å². The van der Waals surface area contributed by atoms with Crippen molar-refractivity contribution in [2.75, 3.05) is 38.7 Å². The number of amides is 1. The average molecular weight is 278 g/mol. The molecule has 2 heterocycles. The Morgan fingerprint density at radius 2 is 2.25 bits per heavy atom. The molecule has 0 bridgehead atoms. The number of nitrogens with one attached hydrogen (secondary N) is 1. The van der Waals surface area contributed by atoms with Crippen molar-refractivity contribution >= 4 is 11.9 Å². The lowest BCUT2D eigenvalue weighted by atomic mass is 9.99. The van der Waals surface area contributed by atoms with Gasteiger partial charge in [-0.25, -0.2) is 9.97 Å². The summed E-state index contributed by atoms with van der Waals surface area (Å²) in [5.74, 6) is 1.17. The van der Waals surface area contributed by atoms with Crippen LogP contribution in [-0.4, -0.2) is 54.1 Å². The normalized spacial score (nSPS) is 16.2. The van der Waals surface area contributed by atoms with Crippen molar-refractivity contribution < 1.29 is 9.53 Å². The summed E-state index contributed by atoms with van der Waals surface area (Å²) >= 11 is 0. The molecule has 1 saturated heterocycles. The van der Waals surface area contributed by atoms with Crippen molar-refractivity contribution in [3.63, 3.8) is 0 Å². The van der Waals surface area contributed by atoms with E-state index in [1.54, 1.807) is 19.4 Å². The summed E-state index contributed by atoms with van der Waals surface area (Å²) in [6.07, 6.45) is 3.74. The molecule has 1 N–H and O–H groups in total. The standard InChI is InChI=1S/C14H22N4O2/c1-11-4-8-18(9-5-11)13(19)12-3-6-15-14(17-12)16-7-10-20-2/h3,6,11H,4-5,7-10H2,1-2H3,(H,15,16,17). The van der Waals surface area contributed by atoms with Gasteiger partial charge in [0.1, 0.15) is 5.69 Å².